The lowest BCUT2D eigenvalue weighted by atomic mass is 10.4. The van der Waals surface area contributed by atoms with E-state index in [0.717, 1.165) is 9.21 Å². The first-order chi connectivity index (χ1) is 6.24. The first-order valence-electron chi connectivity index (χ1n) is 4.04. The van der Waals surface area contributed by atoms with E-state index in [1.807, 2.05) is 12.1 Å². The van der Waals surface area contributed by atoms with Crippen molar-refractivity contribution in [2.24, 2.45) is 0 Å². The van der Waals surface area contributed by atoms with E-state index in [9.17, 15) is 5.11 Å². The summed E-state index contributed by atoms with van der Waals surface area (Å²) in [6.07, 6.45) is -0.351. The number of hydrogen-bond acceptors (Lipinski definition) is 4. The third kappa shape index (κ3) is 2.42. The van der Waals surface area contributed by atoms with Gasteiger partial charge in [-0.25, -0.2) is 0 Å². The van der Waals surface area contributed by atoms with Gasteiger partial charge in [-0.2, -0.15) is 5.06 Å². The smallest absolute Gasteiger partial charge is 0.0958 e. The summed E-state index contributed by atoms with van der Waals surface area (Å²) < 4.78 is 0.787. The molecule has 1 atom stereocenters. The third-order valence-corrected chi connectivity index (χ3v) is 3.04. The molecule has 1 unspecified atom stereocenters. The van der Waals surface area contributed by atoms with Gasteiger partial charge < -0.3 is 5.11 Å². The number of hydroxylamine groups is 2. The Morgan fingerprint density at radius 2 is 2.54 bits per heavy atom. The molecule has 1 aliphatic heterocycles. The standard InChI is InChI=1S/C8H10ClNO2S/c9-8-2-1-7(13-8)4-10-3-6(11)5-12-10/h1-2,6,11H,3-5H2. The van der Waals surface area contributed by atoms with Gasteiger partial charge in [-0.15, -0.1) is 11.3 Å². The lowest BCUT2D eigenvalue weighted by Crippen LogP contribution is -2.19. The fourth-order valence-corrected chi connectivity index (χ4v) is 2.34. The molecule has 0 spiro atoms. The zero-order chi connectivity index (χ0) is 9.26. The second-order valence-electron chi connectivity index (χ2n) is 2.98. The molecule has 0 bridgehead atoms. The number of thiophene rings is 1. The van der Waals surface area contributed by atoms with Crippen molar-refractivity contribution in [2.75, 3.05) is 13.2 Å². The van der Waals surface area contributed by atoms with Gasteiger partial charge in [0.2, 0.25) is 0 Å². The summed E-state index contributed by atoms with van der Waals surface area (Å²) in [5.74, 6) is 0. The minimum absolute atomic E-state index is 0.351. The molecular weight excluding hydrogens is 210 g/mol. The number of nitrogens with zero attached hydrogens (tertiary/aromatic N) is 1. The molecule has 1 saturated heterocycles. The minimum Gasteiger partial charge on any atom is -0.389 e. The SMILES string of the molecule is OC1CON(Cc2ccc(Cl)s2)C1. The quantitative estimate of drug-likeness (QED) is 0.819. The number of halogens is 1. The van der Waals surface area contributed by atoms with Gasteiger partial charge in [0.05, 0.1) is 30.1 Å². The molecule has 0 saturated carbocycles. The summed E-state index contributed by atoms with van der Waals surface area (Å²) in [6, 6.07) is 3.84. The predicted molar refractivity (Wildman–Crippen MR) is 51.7 cm³/mol. The lowest BCUT2D eigenvalue weighted by molar-refractivity contribution is -0.117. The molecule has 2 rings (SSSR count). The maximum atomic E-state index is 9.19. The fourth-order valence-electron chi connectivity index (χ4n) is 1.25. The Morgan fingerprint density at radius 1 is 1.69 bits per heavy atom. The van der Waals surface area contributed by atoms with Crippen LogP contribution >= 0.6 is 22.9 Å². The van der Waals surface area contributed by atoms with E-state index < -0.39 is 0 Å². The van der Waals surface area contributed by atoms with E-state index in [2.05, 4.69) is 0 Å². The average molecular weight is 220 g/mol. The van der Waals surface area contributed by atoms with Crippen molar-refractivity contribution in [1.29, 1.82) is 0 Å². The zero-order valence-corrected chi connectivity index (χ0v) is 8.51. The van der Waals surface area contributed by atoms with E-state index in [-0.39, 0.29) is 6.10 Å². The number of β-amino-alcohol motifs (C(OH)–C–C–N with tert-alkyl or cyclic N) is 1. The maximum Gasteiger partial charge on any atom is 0.0958 e. The zero-order valence-electron chi connectivity index (χ0n) is 6.94. The Kier molecular flexibility index (Phi) is 2.86. The van der Waals surface area contributed by atoms with E-state index >= 15 is 0 Å². The summed E-state index contributed by atoms with van der Waals surface area (Å²) >= 11 is 7.32. The van der Waals surface area contributed by atoms with Crippen molar-refractivity contribution < 1.29 is 9.94 Å². The molecule has 1 aromatic heterocycles. The van der Waals surface area contributed by atoms with Gasteiger partial charge in [-0.05, 0) is 12.1 Å². The predicted octanol–water partition coefficient (Wildman–Crippen LogP) is 1.51. The van der Waals surface area contributed by atoms with Crippen LogP contribution in [0.2, 0.25) is 4.34 Å². The molecule has 3 nitrogen and oxygen atoms in total. The molecule has 0 amide bonds. The highest BCUT2D eigenvalue weighted by atomic mass is 35.5. The van der Waals surface area contributed by atoms with Crippen molar-refractivity contribution in [2.45, 2.75) is 12.6 Å². The Hall–Kier alpha value is -0.130. The third-order valence-electron chi connectivity index (χ3n) is 1.82. The number of hydrogen-bond donors (Lipinski definition) is 1. The van der Waals surface area contributed by atoms with E-state index in [1.54, 1.807) is 5.06 Å². The Morgan fingerprint density at radius 3 is 3.08 bits per heavy atom. The molecule has 0 radical (unpaired) electrons. The molecular formula is C8H10ClNO2S. The van der Waals surface area contributed by atoms with Gasteiger partial charge in [0.25, 0.3) is 0 Å². The normalized spacial score (nSPS) is 24.0. The first-order valence-corrected chi connectivity index (χ1v) is 5.23. The summed E-state index contributed by atoms with van der Waals surface area (Å²) in [7, 11) is 0. The average Bonchev–Trinajstić information content (AvgIpc) is 2.62. The summed E-state index contributed by atoms with van der Waals surface area (Å²) in [5, 5.41) is 11.0. The highest BCUT2D eigenvalue weighted by Gasteiger charge is 2.21. The fraction of sp³-hybridized carbons (Fsp3) is 0.500. The van der Waals surface area contributed by atoms with E-state index in [1.165, 1.54) is 11.3 Å². The monoisotopic (exact) mass is 219 g/mol. The van der Waals surface area contributed by atoms with Gasteiger partial charge in [0.1, 0.15) is 0 Å². The van der Waals surface area contributed by atoms with Crippen molar-refractivity contribution in [1.82, 2.24) is 5.06 Å². The number of aliphatic hydroxyl groups is 1. The summed E-state index contributed by atoms with van der Waals surface area (Å²) in [6.45, 7) is 1.68. The molecule has 0 aromatic carbocycles. The van der Waals surface area contributed by atoms with Crippen LogP contribution in [-0.2, 0) is 11.4 Å². The maximum absolute atomic E-state index is 9.19. The molecule has 13 heavy (non-hydrogen) atoms. The van der Waals surface area contributed by atoms with Crippen LogP contribution in [0.15, 0.2) is 12.1 Å². The first kappa shape index (κ1) is 9.43. The molecule has 1 N–H and O–H groups in total. The molecule has 0 aliphatic carbocycles. The van der Waals surface area contributed by atoms with Crippen molar-refractivity contribution in [3.05, 3.63) is 21.3 Å². The Bertz CT molecular complexity index is 291. The van der Waals surface area contributed by atoms with E-state index in [4.69, 9.17) is 16.4 Å². The Labute approximate surface area is 85.5 Å². The Balaban J connectivity index is 1.91. The van der Waals surface area contributed by atoms with Crippen LogP contribution in [0.1, 0.15) is 4.88 Å². The van der Waals surface area contributed by atoms with Crippen molar-refractivity contribution in [3.63, 3.8) is 0 Å². The van der Waals surface area contributed by atoms with Crippen LogP contribution in [0, 0.1) is 0 Å². The van der Waals surface area contributed by atoms with Crippen LogP contribution < -0.4 is 0 Å². The van der Waals surface area contributed by atoms with Crippen LogP contribution in [0.25, 0.3) is 0 Å². The number of rotatable bonds is 2. The van der Waals surface area contributed by atoms with Gasteiger partial charge in [-0.1, -0.05) is 11.6 Å². The molecule has 72 valence electrons. The topological polar surface area (TPSA) is 32.7 Å². The van der Waals surface area contributed by atoms with Gasteiger partial charge >= 0.3 is 0 Å². The lowest BCUT2D eigenvalue weighted by Gasteiger charge is -2.11. The highest BCUT2D eigenvalue weighted by Crippen LogP contribution is 2.23. The van der Waals surface area contributed by atoms with Crippen LogP contribution in [-0.4, -0.2) is 29.4 Å². The summed E-state index contributed by atoms with van der Waals surface area (Å²) in [5.41, 5.74) is 0. The van der Waals surface area contributed by atoms with Crippen molar-refractivity contribution >= 4 is 22.9 Å². The van der Waals surface area contributed by atoms with Crippen molar-refractivity contribution in [3.8, 4) is 0 Å². The van der Waals surface area contributed by atoms with Crippen LogP contribution in [0.3, 0.4) is 0 Å². The second-order valence-corrected chi connectivity index (χ2v) is 4.78. The number of aliphatic hydroxyl groups excluding tert-OH is 1. The largest absolute Gasteiger partial charge is 0.389 e. The minimum atomic E-state index is -0.351. The highest BCUT2D eigenvalue weighted by molar-refractivity contribution is 7.16. The van der Waals surface area contributed by atoms with Gasteiger partial charge in [0, 0.05) is 4.88 Å². The molecule has 1 aromatic rings. The molecule has 5 heteroatoms. The van der Waals surface area contributed by atoms with Crippen LogP contribution in [0.4, 0.5) is 0 Å². The summed E-state index contributed by atoms with van der Waals surface area (Å²) in [4.78, 5) is 6.38. The second kappa shape index (κ2) is 3.94. The van der Waals surface area contributed by atoms with E-state index in [0.29, 0.717) is 19.7 Å². The van der Waals surface area contributed by atoms with Gasteiger partial charge in [0.15, 0.2) is 0 Å². The molecule has 2 heterocycles. The molecule has 1 aliphatic rings. The van der Waals surface area contributed by atoms with Crippen LogP contribution in [0.5, 0.6) is 0 Å². The van der Waals surface area contributed by atoms with Gasteiger partial charge in [-0.3, -0.25) is 4.84 Å². The molecule has 1 fully saturated rings.